The molecule has 1 aliphatic rings. The number of hydrogen-bond donors (Lipinski definition) is 2. The minimum atomic E-state index is -3.61. The monoisotopic (exact) mass is 366 g/mol. The molecule has 1 aromatic heterocycles. The van der Waals surface area contributed by atoms with Crippen molar-refractivity contribution in [2.75, 3.05) is 17.6 Å². The average molecular weight is 366 g/mol. The maximum atomic E-state index is 12.4. The van der Waals surface area contributed by atoms with Gasteiger partial charge < -0.3 is 9.73 Å². The number of furan rings is 1. The van der Waals surface area contributed by atoms with Gasteiger partial charge >= 0.3 is 0 Å². The molecule has 2 N–H and O–H groups in total. The number of anilines is 1. The number of nitrogens with one attached hydrogen (secondary N) is 2. The Kier molecular flexibility index (Phi) is 5.27. The molecule has 0 unspecified atom stereocenters. The first-order chi connectivity index (χ1) is 11.5. The van der Waals surface area contributed by atoms with Crippen LogP contribution < -0.4 is 10.0 Å². The molecule has 8 heteroatoms. The first kappa shape index (κ1) is 17.1. The summed E-state index contributed by atoms with van der Waals surface area (Å²) in [6.45, 7) is 0.321. The number of thioether (sulfide) groups is 1. The maximum Gasteiger partial charge on any atom is 0.240 e. The van der Waals surface area contributed by atoms with E-state index in [2.05, 4.69) is 10.0 Å². The van der Waals surface area contributed by atoms with E-state index in [0.29, 0.717) is 37.2 Å². The fraction of sp³-hybridized carbons (Fsp3) is 0.312. The average Bonchev–Trinajstić information content (AvgIpc) is 2.99. The van der Waals surface area contributed by atoms with Crippen LogP contribution in [0.3, 0.4) is 0 Å². The summed E-state index contributed by atoms with van der Waals surface area (Å²) in [5.74, 6) is 1.43. The highest BCUT2D eigenvalue weighted by molar-refractivity contribution is 7.99. The van der Waals surface area contributed by atoms with Crippen molar-refractivity contribution in [1.29, 1.82) is 0 Å². The number of hydrogen-bond acceptors (Lipinski definition) is 5. The Hall–Kier alpha value is -1.77. The summed E-state index contributed by atoms with van der Waals surface area (Å²) < 4.78 is 32.6. The molecule has 0 aliphatic carbocycles. The topological polar surface area (TPSA) is 88.4 Å². The van der Waals surface area contributed by atoms with Gasteiger partial charge in [-0.05, 0) is 36.8 Å². The van der Waals surface area contributed by atoms with Crippen molar-refractivity contribution >= 4 is 33.4 Å². The Morgan fingerprint density at radius 1 is 1.29 bits per heavy atom. The lowest BCUT2D eigenvalue weighted by molar-refractivity contribution is -0.115. The highest BCUT2D eigenvalue weighted by Gasteiger charge is 2.19. The molecule has 0 saturated heterocycles. The molecule has 6 nitrogen and oxygen atoms in total. The molecular weight excluding hydrogens is 348 g/mol. The van der Waals surface area contributed by atoms with E-state index in [0.717, 1.165) is 10.7 Å². The number of rotatable bonds is 6. The van der Waals surface area contributed by atoms with E-state index in [1.807, 2.05) is 12.1 Å². The summed E-state index contributed by atoms with van der Waals surface area (Å²) in [4.78, 5) is 12.7. The zero-order chi connectivity index (χ0) is 17.0. The second-order valence-electron chi connectivity index (χ2n) is 5.39. The molecule has 1 aromatic carbocycles. The lowest BCUT2D eigenvalue weighted by Gasteiger charge is -2.10. The maximum absolute atomic E-state index is 12.4. The molecule has 0 spiro atoms. The summed E-state index contributed by atoms with van der Waals surface area (Å²) in [5, 5.41) is 2.76. The fourth-order valence-electron chi connectivity index (χ4n) is 2.37. The van der Waals surface area contributed by atoms with Gasteiger partial charge in [-0.2, -0.15) is 0 Å². The minimum Gasteiger partial charge on any atom is -0.469 e. The Balaban J connectivity index is 1.64. The molecule has 128 valence electrons. The third kappa shape index (κ3) is 4.19. The number of amides is 1. The van der Waals surface area contributed by atoms with Gasteiger partial charge in [0.05, 0.1) is 16.8 Å². The van der Waals surface area contributed by atoms with Crippen molar-refractivity contribution in [3.8, 4) is 0 Å². The van der Waals surface area contributed by atoms with Crippen LogP contribution in [0.2, 0.25) is 0 Å². The van der Waals surface area contributed by atoms with Crippen molar-refractivity contribution in [3.05, 3.63) is 42.4 Å². The van der Waals surface area contributed by atoms with Crippen molar-refractivity contribution in [2.45, 2.75) is 29.1 Å². The second kappa shape index (κ2) is 7.42. The van der Waals surface area contributed by atoms with Crippen LogP contribution in [0, 0.1) is 0 Å². The molecule has 24 heavy (non-hydrogen) atoms. The van der Waals surface area contributed by atoms with Crippen molar-refractivity contribution in [3.63, 3.8) is 0 Å². The van der Waals surface area contributed by atoms with Crippen LogP contribution in [0.1, 0.15) is 18.6 Å². The molecule has 0 bridgehead atoms. The predicted octanol–water partition coefficient (Wildman–Crippen LogP) is 2.63. The van der Waals surface area contributed by atoms with E-state index in [1.54, 1.807) is 30.2 Å². The highest BCUT2D eigenvalue weighted by atomic mass is 32.2. The van der Waals surface area contributed by atoms with Gasteiger partial charge in [0.2, 0.25) is 15.9 Å². The van der Waals surface area contributed by atoms with Gasteiger partial charge in [-0.3, -0.25) is 4.79 Å². The van der Waals surface area contributed by atoms with Crippen molar-refractivity contribution in [2.24, 2.45) is 0 Å². The van der Waals surface area contributed by atoms with E-state index in [1.165, 1.54) is 6.07 Å². The Morgan fingerprint density at radius 2 is 2.17 bits per heavy atom. The van der Waals surface area contributed by atoms with Crippen molar-refractivity contribution in [1.82, 2.24) is 4.72 Å². The third-order valence-corrected chi connectivity index (χ3v) is 6.13. The van der Waals surface area contributed by atoms with Gasteiger partial charge in [0.15, 0.2) is 0 Å². The molecule has 0 radical (unpaired) electrons. The molecule has 1 amide bonds. The minimum absolute atomic E-state index is 0.0952. The van der Waals surface area contributed by atoms with Gasteiger partial charge in [-0.15, -0.1) is 11.8 Å². The summed E-state index contributed by atoms with van der Waals surface area (Å²) in [7, 11) is -3.61. The van der Waals surface area contributed by atoms with Crippen LogP contribution in [0.15, 0.2) is 50.8 Å². The van der Waals surface area contributed by atoms with Crippen molar-refractivity contribution < 1.29 is 17.6 Å². The third-order valence-electron chi connectivity index (χ3n) is 3.59. The van der Waals surface area contributed by atoms with Crippen LogP contribution in [0.4, 0.5) is 5.69 Å². The van der Waals surface area contributed by atoms with E-state index in [4.69, 9.17) is 4.42 Å². The number of carbonyl (C=O) groups excluding carboxylic acids is 1. The highest BCUT2D eigenvalue weighted by Crippen LogP contribution is 2.32. The number of aryl methyl sites for hydroxylation is 1. The van der Waals surface area contributed by atoms with E-state index in [-0.39, 0.29) is 10.8 Å². The van der Waals surface area contributed by atoms with E-state index in [9.17, 15) is 13.2 Å². The molecule has 0 fully saturated rings. The lowest BCUT2D eigenvalue weighted by atomic mass is 10.2. The summed E-state index contributed by atoms with van der Waals surface area (Å²) in [6.07, 6.45) is 3.34. The van der Waals surface area contributed by atoms with Gasteiger partial charge in [0.1, 0.15) is 5.76 Å². The van der Waals surface area contributed by atoms with Crippen LogP contribution >= 0.6 is 11.8 Å². The number of carbonyl (C=O) groups is 1. The summed E-state index contributed by atoms with van der Waals surface area (Å²) >= 11 is 1.54. The van der Waals surface area contributed by atoms with Gasteiger partial charge in [0, 0.05) is 30.0 Å². The molecule has 0 saturated carbocycles. The number of sulfonamides is 1. The van der Waals surface area contributed by atoms with E-state index >= 15 is 0 Å². The largest absolute Gasteiger partial charge is 0.469 e. The normalized spacial score (nSPS) is 14.8. The van der Waals surface area contributed by atoms with Gasteiger partial charge in [0.25, 0.3) is 0 Å². The molecule has 2 heterocycles. The fourth-order valence-corrected chi connectivity index (χ4v) is 4.41. The van der Waals surface area contributed by atoms with Crippen LogP contribution in [0.25, 0.3) is 0 Å². The standard InChI is InChI=1S/C16H18N2O4S2/c19-16-7-10-23-15-6-5-13(11-14(15)18-16)24(20,21)17-8-1-3-12-4-2-9-22-12/h2,4-6,9,11,17H,1,3,7-8,10H2,(H,18,19). The Bertz CT molecular complexity index is 817. The zero-order valence-electron chi connectivity index (χ0n) is 12.9. The molecule has 0 atom stereocenters. The zero-order valence-corrected chi connectivity index (χ0v) is 14.6. The Morgan fingerprint density at radius 3 is 2.96 bits per heavy atom. The van der Waals surface area contributed by atoms with E-state index < -0.39 is 10.0 Å². The molecule has 3 rings (SSSR count). The quantitative estimate of drug-likeness (QED) is 0.767. The first-order valence-corrected chi connectivity index (χ1v) is 10.1. The lowest BCUT2D eigenvalue weighted by Crippen LogP contribution is -2.25. The molecule has 2 aromatic rings. The number of fused-ring (bicyclic) bond motifs is 1. The van der Waals surface area contributed by atoms with Crippen LogP contribution in [-0.2, 0) is 21.2 Å². The summed E-state index contributed by atoms with van der Waals surface area (Å²) in [5.41, 5.74) is 0.556. The van der Waals surface area contributed by atoms with Crippen LogP contribution in [0.5, 0.6) is 0 Å². The van der Waals surface area contributed by atoms with Gasteiger partial charge in [-0.1, -0.05) is 0 Å². The SMILES string of the molecule is O=C1CCSc2ccc(S(=O)(=O)NCCCc3ccco3)cc2N1. The molecule has 1 aliphatic heterocycles. The van der Waals surface area contributed by atoms with Gasteiger partial charge in [-0.25, -0.2) is 13.1 Å². The first-order valence-electron chi connectivity index (χ1n) is 7.63. The second-order valence-corrected chi connectivity index (χ2v) is 8.29. The summed E-state index contributed by atoms with van der Waals surface area (Å²) in [6, 6.07) is 8.49. The predicted molar refractivity (Wildman–Crippen MR) is 92.6 cm³/mol. The smallest absolute Gasteiger partial charge is 0.240 e. The Labute approximate surface area is 145 Å². The molecular formula is C16H18N2O4S2. The van der Waals surface area contributed by atoms with Crippen LogP contribution in [-0.4, -0.2) is 26.6 Å². The number of benzene rings is 1.